The molecule has 98 valence electrons. The van der Waals surface area contributed by atoms with Gasteiger partial charge in [0.15, 0.2) is 0 Å². The summed E-state index contributed by atoms with van der Waals surface area (Å²) in [4.78, 5) is 25.4. The van der Waals surface area contributed by atoms with Crippen molar-refractivity contribution >= 4 is 11.8 Å². The van der Waals surface area contributed by atoms with Gasteiger partial charge in [0.2, 0.25) is 11.8 Å². The molecule has 0 aromatic rings. The summed E-state index contributed by atoms with van der Waals surface area (Å²) in [5.74, 6) is -0.151. The van der Waals surface area contributed by atoms with Crippen LogP contribution in [0, 0.1) is 5.92 Å². The maximum absolute atomic E-state index is 11.8. The molecule has 0 aromatic carbocycles. The Morgan fingerprint density at radius 2 is 2.35 bits per heavy atom. The lowest BCUT2D eigenvalue weighted by atomic mass is 10.1. The zero-order valence-electron chi connectivity index (χ0n) is 10.7. The maximum Gasteiger partial charge on any atom is 0.225 e. The van der Waals surface area contributed by atoms with Crippen LogP contribution in [0.4, 0.5) is 0 Å². The minimum atomic E-state index is -0.201. The molecule has 1 heterocycles. The van der Waals surface area contributed by atoms with Gasteiger partial charge in [-0.05, 0) is 13.3 Å². The SMILES string of the molecule is CCCC(C)N1CC(C(=O)NCCN)CC1=O. The quantitative estimate of drug-likeness (QED) is 0.692. The van der Waals surface area contributed by atoms with Crippen LogP contribution < -0.4 is 11.1 Å². The molecule has 0 spiro atoms. The van der Waals surface area contributed by atoms with Crippen molar-refractivity contribution < 1.29 is 9.59 Å². The highest BCUT2D eigenvalue weighted by molar-refractivity contribution is 5.89. The Bertz CT molecular complexity index is 279. The summed E-state index contributed by atoms with van der Waals surface area (Å²) in [6, 6.07) is 0.236. The molecule has 5 heteroatoms. The first-order valence-corrected chi connectivity index (χ1v) is 6.37. The molecule has 5 nitrogen and oxygen atoms in total. The molecule has 1 saturated heterocycles. The topological polar surface area (TPSA) is 75.4 Å². The molecule has 0 saturated carbocycles. The van der Waals surface area contributed by atoms with E-state index in [1.807, 2.05) is 11.8 Å². The molecule has 1 rings (SSSR count). The largest absolute Gasteiger partial charge is 0.355 e. The predicted octanol–water partition coefficient (Wildman–Crippen LogP) is 0.0984. The highest BCUT2D eigenvalue weighted by Crippen LogP contribution is 2.22. The zero-order valence-corrected chi connectivity index (χ0v) is 10.7. The Labute approximate surface area is 103 Å². The Morgan fingerprint density at radius 1 is 1.65 bits per heavy atom. The van der Waals surface area contributed by atoms with Gasteiger partial charge in [-0.3, -0.25) is 9.59 Å². The van der Waals surface area contributed by atoms with Gasteiger partial charge in [0, 0.05) is 32.1 Å². The number of nitrogens with two attached hydrogens (primary N) is 1. The molecule has 0 radical (unpaired) electrons. The van der Waals surface area contributed by atoms with E-state index in [9.17, 15) is 9.59 Å². The number of amides is 2. The molecule has 0 aromatic heterocycles. The van der Waals surface area contributed by atoms with E-state index in [4.69, 9.17) is 5.73 Å². The van der Waals surface area contributed by atoms with Gasteiger partial charge in [-0.15, -0.1) is 0 Å². The molecule has 1 aliphatic heterocycles. The fourth-order valence-electron chi connectivity index (χ4n) is 2.25. The summed E-state index contributed by atoms with van der Waals surface area (Å²) in [6.45, 7) is 5.61. The number of hydrogen-bond acceptors (Lipinski definition) is 3. The van der Waals surface area contributed by atoms with Crippen molar-refractivity contribution in [2.45, 2.75) is 39.2 Å². The third-order valence-electron chi connectivity index (χ3n) is 3.21. The van der Waals surface area contributed by atoms with Gasteiger partial charge in [0.1, 0.15) is 0 Å². The van der Waals surface area contributed by atoms with Crippen LogP contribution in [0.3, 0.4) is 0 Å². The normalized spacial score (nSPS) is 21.7. The third kappa shape index (κ3) is 3.70. The van der Waals surface area contributed by atoms with Gasteiger partial charge in [-0.25, -0.2) is 0 Å². The maximum atomic E-state index is 11.8. The standard InChI is InChI=1S/C12H23N3O2/c1-3-4-9(2)15-8-10(7-11(15)16)12(17)14-6-5-13/h9-10H,3-8,13H2,1-2H3,(H,14,17). The molecule has 0 bridgehead atoms. The fourth-order valence-corrected chi connectivity index (χ4v) is 2.25. The second-order valence-electron chi connectivity index (χ2n) is 4.66. The first kappa shape index (κ1) is 14.0. The average molecular weight is 241 g/mol. The average Bonchev–Trinajstić information content (AvgIpc) is 2.68. The second-order valence-corrected chi connectivity index (χ2v) is 4.66. The van der Waals surface area contributed by atoms with Crippen LogP contribution in [-0.4, -0.2) is 42.4 Å². The summed E-state index contributed by atoms with van der Waals surface area (Å²) in [6.07, 6.45) is 2.38. The monoisotopic (exact) mass is 241 g/mol. The van der Waals surface area contributed by atoms with Crippen LogP contribution >= 0.6 is 0 Å². The van der Waals surface area contributed by atoms with Crippen LogP contribution in [-0.2, 0) is 9.59 Å². The number of rotatable bonds is 6. The van der Waals surface area contributed by atoms with E-state index in [1.165, 1.54) is 0 Å². The molecular formula is C12H23N3O2. The highest BCUT2D eigenvalue weighted by atomic mass is 16.2. The minimum Gasteiger partial charge on any atom is -0.355 e. The van der Waals surface area contributed by atoms with E-state index in [1.54, 1.807) is 0 Å². The number of carbonyl (C=O) groups excluding carboxylic acids is 2. The Hall–Kier alpha value is -1.10. The van der Waals surface area contributed by atoms with Gasteiger partial charge in [0.25, 0.3) is 0 Å². The van der Waals surface area contributed by atoms with E-state index in [0.717, 1.165) is 12.8 Å². The molecular weight excluding hydrogens is 218 g/mol. The van der Waals surface area contributed by atoms with E-state index < -0.39 is 0 Å². The van der Waals surface area contributed by atoms with E-state index in [-0.39, 0.29) is 23.8 Å². The third-order valence-corrected chi connectivity index (χ3v) is 3.21. The van der Waals surface area contributed by atoms with Crippen molar-refractivity contribution in [1.29, 1.82) is 0 Å². The van der Waals surface area contributed by atoms with Crippen LogP contribution in [0.2, 0.25) is 0 Å². The number of carbonyl (C=O) groups is 2. The smallest absolute Gasteiger partial charge is 0.225 e. The fraction of sp³-hybridized carbons (Fsp3) is 0.833. The molecule has 2 atom stereocenters. The van der Waals surface area contributed by atoms with Gasteiger partial charge < -0.3 is 16.0 Å². The summed E-state index contributed by atoms with van der Waals surface area (Å²) < 4.78 is 0. The second kappa shape index (κ2) is 6.59. The van der Waals surface area contributed by atoms with Gasteiger partial charge in [0.05, 0.1) is 5.92 Å². The number of nitrogens with zero attached hydrogens (tertiary/aromatic N) is 1. The van der Waals surface area contributed by atoms with Crippen molar-refractivity contribution in [3.63, 3.8) is 0 Å². The number of likely N-dealkylation sites (tertiary alicyclic amines) is 1. The molecule has 0 aliphatic carbocycles. The number of hydrogen-bond donors (Lipinski definition) is 2. The highest BCUT2D eigenvalue weighted by Gasteiger charge is 2.35. The lowest BCUT2D eigenvalue weighted by Crippen LogP contribution is -2.38. The van der Waals surface area contributed by atoms with E-state index in [0.29, 0.717) is 26.1 Å². The first-order chi connectivity index (χ1) is 8.10. The van der Waals surface area contributed by atoms with Crippen LogP contribution in [0.15, 0.2) is 0 Å². The lowest BCUT2D eigenvalue weighted by Gasteiger charge is -2.24. The van der Waals surface area contributed by atoms with Gasteiger partial charge >= 0.3 is 0 Å². The van der Waals surface area contributed by atoms with Crippen molar-refractivity contribution in [2.24, 2.45) is 11.7 Å². The lowest BCUT2D eigenvalue weighted by molar-refractivity contribution is -0.130. The van der Waals surface area contributed by atoms with Gasteiger partial charge in [-0.1, -0.05) is 13.3 Å². The van der Waals surface area contributed by atoms with E-state index >= 15 is 0 Å². The van der Waals surface area contributed by atoms with Crippen LogP contribution in [0.1, 0.15) is 33.1 Å². The molecule has 17 heavy (non-hydrogen) atoms. The van der Waals surface area contributed by atoms with Crippen molar-refractivity contribution in [3.8, 4) is 0 Å². The predicted molar refractivity (Wildman–Crippen MR) is 66.3 cm³/mol. The summed E-state index contributed by atoms with van der Waals surface area (Å²) in [5.41, 5.74) is 5.33. The molecule has 2 amide bonds. The Morgan fingerprint density at radius 3 is 2.94 bits per heavy atom. The number of nitrogens with one attached hydrogen (secondary N) is 1. The Balaban J connectivity index is 2.48. The minimum absolute atomic E-state index is 0.0463. The van der Waals surface area contributed by atoms with Crippen molar-refractivity contribution in [1.82, 2.24) is 10.2 Å². The molecule has 3 N–H and O–H groups in total. The summed E-state index contributed by atoms with van der Waals surface area (Å²) in [7, 11) is 0. The first-order valence-electron chi connectivity index (χ1n) is 6.37. The van der Waals surface area contributed by atoms with Crippen LogP contribution in [0.25, 0.3) is 0 Å². The van der Waals surface area contributed by atoms with Crippen molar-refractivity contribution in [3.05, 3.63) is 0 Å². The van der Waals surface area contributed by atoms with E-state index in [2.05, 4.69) is 12.2 Å². The molecule has 2 unspecified atom stereocenters. The van der Waals surface area contributed by atoms with Crippen molar-refractivity contribution in [2.75, 3.05) is 19.6 Å². The Kier molecular flexibility index (Phi) is 5.41. The zero-order chi connectivity index (χ0) is 12.8. The van der Waals surface area contributed by atoms with Crippen LogP contribution in [0.5, 0.6) is 0 Å². The summed E-state index contributed by atoms with van der Waals surface area (Å²) in [5, 5.41) is 2.74. The molecule has 1 aliphatic rings. The summed E-state index contributed by atoms with van der Waals surface area (Å²) >= 11 is 0. The molecule has 1 fully saturated rings. The van der Waals surface area contributed by atoms with Gasteiger partial charge in [-0.2, -0.15) is 0 Å².